The van der Waals surface area contributed by atoms with Crippen LogP contribution in [0, 0.1) is 0 Å². The lowest BCUT2D eigenvalue weighted by molar-refractivity contribution is 0.242. The van der Waals surface area contributed by atoms with E-state index in [1.54, 1.807) is 27.4 Å². The summed E-state index contributed by atoms with van der Waals surface area (Å²) >= 11 is 6.39. The van der Waals surface area contributed by atoms with E-state index >= 15 is 0 Å². The van der Waals surface area contributed by atoms with Gasteiger partial charge in [0.25, 0.3) is 0 Å². The molecule has 1 aliphatic rings. The average Bonchev–Trinajstić information content (AvgIpc) is 2.53. The SMILES string of the molecule is COc1cc(Cl)c(CCN2CCNCC2)c(OC)c1OC. The molecule has 0 unspecified atom stereocenters. The molecule has 0 aromatic heterocycles. The van der Waals surface area contributed by atoms with E-state index < -0.39 is 0 Å². The van der Waals surface area contributed by atoms with Crippen LogP contribution < -0.4 is 19.5 Å². The normalized spacial score (nSPS) is 15.8. The number of nitrogens with one attached hydrogen (secondary N) is 1. The van der Waals surface area contributed by atoms with Crippen molar-refractivity contribution in [3.8, 4) is 17.2 Å². The quantitative estimate of drug-likeness (QED) is 0.867. The first kappa shape index (κ1) is 16.2. The summed E-state index contributed by atoms with van der Waals surface area (Å²) < 4.78 is 16.2. The minimum absolute atomic E-state index is 0.588. The average molecular weight is 315 g/mol. The van der Waals surface area contributed by atoms with Crippen molar-refractivity contribution in [1.29, 1.82) is 0 Å². The van der Waals surface area contributed by atoms with E-state index in [9.17, 15) is 0 Å². The minimum Gasteiger partial charge on any atom is -0.493 e. The van der Waals surface area contributed by atoms with Gasteiger partial charge in [0.15, 0.2) is 11.5 Å². The van der Waals surface area contributed by atoms with Gasteiger partial charge in [-0.05, 0) is 6.42 Å². The molecule has 0 saturated carbocycles. The van der Waals surface area contributed by atoms with Crippen LogP contribution in [-0.2, 0) is 6.42 Å². The summed E-state index contributed by atoms with van der Waals surface area (Å²) in [5, 5.41) is 4.00. The standard InChI is InChI=1S/C15H23ClN2O3/c1-19-13-10-12(16)11(14(20-2)15(13)21-3)4-7-18-8-5-17-6-9-18/h10,17H,4-9H2,1-3H3. The van der Waals surface area contributed by atoms with Gasteiger partial charge in [-0.15, -0.1) is 0 Å². The molecule has 0 aliphatic carbocycles. The van der Waals surface area contributed by atoms with Gasteiger partial charge in [-0.25, -0.2) is 0 Å². The van der Waals surface area contributed by atoms with Gasteiger partial charge in [0.1, 0.15) is 0 Å². The second-order valence-electron chi connectivity index (χ2n) is 4.95. The van der Waals surface area contributed by atoms with Crippen molar-refractivity contribution in [2.45, 2.75) is 6.42 Å². The van der Waals surface area contributed by atoms with E-state index in [1.165, 1.54) is 0 Å². The molecule has 0 atom stereocenters. The van der Waals surface area contributed by atoms with Crippen LogP contribution in [0.5, 0.6) is 17.2 Å². The van der Waals surface area contributed by atoms with Gasteiger partial charge in [-0.1, -0.05) is 11.6 Å². The number of benzene rings is 1. The molecule has 118 valence electrons. The fraction of sp³-hybridized carbons (Fsp3) is 0.600. The highest BCUT2D eigenvalue weighted by Gasteiger charge is 2.20. The maximum absolute atomic E-state index is 6.39. The summed E-state index contributed by atoms with van der Waals surface area (Å²) in [6.45, 7) is 5.15. The Labute approximate surface area is 131 Å². The number of methoxy groups -OCH3 is 3. The van der Waals surface area contributed by atoms with Crippen molar-refractivity contribution in [2.24, 2.45) is 0 Å². The molecule has 1 aromatic rings. The Kier molecular flexibility index (Phi) is 5.96. The fourth-order valence-corrected chi connectivity index (χ4v) is 2.90. The molecule has 1 N–H and O–H groups in total. The van der Waals surface area contributed by atoms with Crippen LogP contribution in [-0.4, -0.2) is 59.0 Å². The van der Waals surface area contributed by atoms with Gasteiger partial charge in [0.05, 0.1) is 26.4 Å². The molecule has 1 aromatic carbocycles. The van der Waals surface area contributed by atoms with E-state index in [4.69, 9.17) is 25.8 Å². The Morgan fingerprint density at radius 1 is 1.10 bits per heavy atom. The number of halogens is 1. The summed E-state index contributed by atoms with van der Waals surface area (Å²) in [7, 11) is 4.82. The topological polar surface area (TPSA) is 43.0 Å². The predicted octanol–water partition coefficient (Wildman–Crippen LogP) is 1.81. The Balaban J connectivity index is 2.20. The first-order valence-electron chi connectivity index (χ1n) is 7.11. The Hall–Kier alpha value is -1.17. The highest BCUT2D eigenvalue weighted by Crippen LogP contribution is 2.43. The van der Waals surface area contributed by atoms with Crippen molar-refractivity contribution in [2.75, 3.05) is 54.1 Å². The smallest absolute Gasteiger partial charge is 0.203 e. The number of hydrogen-bond acceptors (Lipinski definition) is 5. The number of ether oxygens (including phenoxy) is 3. The first-order chi connectivity index (χ1) is 10.2. The van der Waals surface area contributed by atoms with Crippen LogP contribution in [0.1, 0.15) is 5.56 Å². The molecule has 6 heteroatoms. The zero-order valence-corrected chi connectivity index (χ0v) is 13.6. The highest BCUT2D eigenvalue weighted by atomic mass is 35.5. The third kappa shape index (κ3) is 3.73. The zero-order chi connectivity index (χ0) is 15.2. The molecule has 0 radical (unpaired) electrons. The van der Waals surface area contributed by atoms with E-state index in [2.05, 4.69) is 10.2 Å². The Morgan fingerprint density at radius 2 is 1.76 bits per heavy atom. The number of rotatable bonds is 6. The van der Waals surface area contributed by atoms with Crippen molar-refractivity contribution < 1.29 is 14.2 Å². The van der Waals surface area contributed by atoms with Crippen molar-refractivity contribution in [1.82, 2.24) is 10.2 Å². The minimum atomic E-state index is 0.588. The monoisotopic (exact) mass is 314 g/mol. The number of nitrogens with zero attached hydrogens (tertiary/aromatic N) is 1. The molecular weight excluding hydrogens is 292 g/mol. The van der Waals surface area contributed by atoms with E-state index in [0.717, 1.165) is 44.7 Å². The van der Waals surface area contributed by atoms with Crippen molar-refractivity contribution in [3.05, 3.63) is 16.7 Å². The van der Waals surface area contributed by atoms with Crippen LogP contribution in [0.3, 0.4) is 0 Å². The summed E-state index contributed by atoms with van der Waals surface area (Å²) in [5.41, 5.74) is 0.968. The Bertz CT molecular complexity index is 476. The second kappa shape index (κ2) is 7.73. The lowest BCUT2D eigenvalue weighted by Gasteiger charge is -2.27. The molecule has 0 bridgehead atoms. The zero-order valence-electron chi connectivity index (χ0n) is 12.9. The number of piperazine rings is 1. The molecule has 21 heavy (non-hydrogen) atoms. The van der Waals surface area contributed by atoms with Crippen LogP contribution in [0.2, 0.25) is 5.02 Å². The summed E-state index contributed by atoms with van der Waals surface area (Å²) in [4.78, 5) is 2.42. The molecule has 0 amide bonds. The van der Waals surface area contributed by atoms with Gasteiger partial charge in [-0.2, -0.15) is 0 Å². The van der Waals surface area contributed by atoms with Crippen LogP contribution in [0.15, 0.2) is 6.07 Å². The molecule has 1 saturated heterocycles. The highest BCUT2D eigenvalue weighted by molar-refractivity contribution is 6.31. The maximum atomic E-state index is 6.39. The molecular formula is C15H23ClN2O3. The molecule has 1 fully saturated rings. The summed E-state index contributed by atoms with van der Waals surface area (Å²) in [6.07, 6.45) is 0.822. The van der Waals surface area contributed by atoms with Crippen LogP contribution >= 0.6 is 11.6 Å². The maximum Gasteiger partial charge on any atom is 0.203 e. The summed E-state index contributed by atoms with van der Waals surface area (Å²) in [6, 6.07) is 1.79. The van der Waals surface area contributed by atoms with Crippen LogP contribution in [0.25, 0.3) is 0 Å². The molecule has 0 spiro atoms. The second-order valence-corrected chi connectivity index (χ2v) is 5.35. The molecule has 5 nitrogen and oxygen atoms in total. The predicted molar refractivity (Wildman–Crippen MR) is 84.1 cm³/mol. The molecule has 2 rings (SSSR count). The lowest BCUT2D eigenvalue weighted by atomic mass is 10.1. The van der Waals surface area contributed by atoms with Gasteiger partial charge >= 0.3 is 0 Å². The van der Waals surface area contributed by atoms with Crippen molar-refractivity contribution >= 4 is 11.6 Å². The third-order valence-electron chi connectivity index (χ3n) is 3.77. The number of hydrogen-bond donors (Lipinski definition) is 1. The first-order valence-corrected chi connectivity index (χ1v) is 7.49. The van der Waals surface area contributed by atoms with Gasteiger partial charge in [0.2, 0.25) is 5.75 Å². The van der Waals surface area contributed by atoms with Gasteiger partial charge < -0.3 is 24.4 Å². The molecule has 1 aliphatic heterocycles. The van der Waals surface area contributed by atoms with E-state index in [-0.39, 0.29) is 0 Å². The lowest BCUT2D eigenvalue weighted by Crippen LogP contribution is -2.44. The van der Waals surface area contributed by atoms with Gasteiger partial charge in [-0.3, -0.25) is 0 Å². The van der Waals surface area contributed by atoms with Crippen LogP contribution in [0.4, 0.5) is 0 Å². The third-order valence-corrected chi connectivity index (χ3v) is 4.10. The Morgan fingerprint density at radius 3 is 2.33 bits per heavy atom. The van der Waals surface area contributed by atoms with Crippen molar-refractivity contribution in [3.63, 3.8) is 0 Å². The molecule has 1 heterocycles. The fourth-order valence-electron chi connectivity index (χ4n) is 2.62. The summed E-state index contributed by atoms with van der Waals surface area (Å²) in [5.74, 6) is 1.85. The largest absolute Gasteiger partial charge is 0.493 e. The van der Waals surface area contributed by atoms with E-state index in [0.29, 0.717) is 22.3 Å². The van der Waals surface area contributed by atoms with E-state index in [1.807, 2.05) is 0 Å². The van der Waals surface area contributed by atoms with Gasteiger partial charge in [0, 0.05) is 44.4 Å².